The van der Waals surface area contributed by atoms with Crippen LogP contribution >= 0.6 is 0 Å². The third-order valence-corrected chi connectivity index (χ3v) is 4.73. The third kappa shape index (κ3) is 4.75. The van der Waals surface area contributed by atoms with Crippen LogP contribution < -0.4 is 24.3 Å². The summed E-state index contributed by atoms with van der Waals surface area (Å²) in [5, 5.41) is 13.7. The van der Waals surface area contributed by atoms with Crippen molar-refractivity contribution in [1.82, 2.24) is 9.97 Å². The molecule has 0 aliphatic heterocycles. The second kappa shape index (κ2) is 9.74. The van der Waals surface area contributed by atoms with Crippen LogP contribution in [0.5, 0.6) is 34.6 Å². The highest BCUT2D eigenvalue weighted by Gasteiger charge is 2.12. The Morgan fingerprint density at radius 2 is 1.62 bits per heavy atom. The summed E-state index contributed by atoms with van der Waals surface area (Å²) in [6, 6.07) is 18.0. The van der Waals surface area contributed by atoms with Crippen molar-refractivity contribution in [2.75, 3.05) is 32.7 Å². The van der Waals surface area contributed by atoms with Gasteiger partial charge >= 0.3 is 0 Å². The molecule has 0 radical (unpaired) electrons. The van der Waals surface area contributed by atoms with Crippen LogP contribution in [0.1, 0.15) is 0 Å². The lowest BCUT2D eigenvalue weighted by molar-refractivity contribution is 0.312. The van der Waals surface area contributed by atoms with Crippen molar-refractivity contribution in [2.45, 2.75) is 0 Å². The number of ether oxygens (including phenoxy) is 4. The lowest BCUT2D eigenvalue weighted by atomic mass is 10.2. The van der Waals surface area contributed by atoms with Gasteiger partial charge in [-0.1, -0.05) is 12.1 Å². The number of rotatable bonds is 9. The van der Waals surface area contributed by atoms with Gasteiger partial charge in [-0.3, -0.25) is 0 Å². The van der Waals surface area contributed by atoms with E-state index in [0.717, 1.165) is 5.69 Å². The molecule has 0 aliphatic rings. The SMILES string of the molecule is COc1cc2ncnc(Oc3ccc(NCCOc4ccccc4O)cc3)c2cc1OC. The number of nitrogens with zero attached hydrogens (tertiary/aromatic N) is 2. The Bertz CT molecular complexity index is 1200. The van der Waals surface area contributed by atoms with Gasteiger partial charge in [-0.25, -0.2) is 9.97 Å². The largest absolute Gasteiger partial charge is 0.504 e. The molecule has 1 aromatic heterocycles. The molecule has 8 heteroatoms. The van der Waals surface area contributed by atoms with Gasteiger partial charge in [0.15, 0.2) is 23.0 Å². The van der Waals surface area contributed by atoms with Gasteiger partial charge in [0, 0.05) is 18.3 Å². The number of benzene rings is 3. The first-order valence-corrected chi connectivity index (χ1v) is 9.97. The summed E-state index contributed by atoms with van der Waals surface area (Å²) in [7, 11) is 3.16. The molecule has 4 rings (SSSR count). The fourth-order valence-corrected chi connectivity index (χ4v) is 3.13. The van der Waals surface area contributed by atoms with Crippen molar-refractivity contribution >= 4 is 16.6 Å². The molecule has 0 fully saturated rings. The van der Waals surface area contributed by atoms with Crippen molar-refractivity contribution in [3.05, 3.63) is 67.0 Å². The van der Waals surface area contributed by atoms with Crippen molar-refractivity contribution in [3.8, 4) is 34.6 Å². The second-order valence-corrected chi connectivity index (χ2v) is 6.77. The fourth-order valence-electron chi connectivity index (χ4n) is 3.13. The van der Waals surface area contributed by atoms with E-state index >= 15 is 0 Å². The predicted molar refractivity (Wildman–Crippen MR) is 121 cm³/mol. The smallest absolute Gasteiger partial charge is 0.230 e. The molecule has 0 unspecified atom stereocenters. The van der Waals surface area contributed by atoms with Crippen LogP contribution in [0.2, 0.25) is 0 Å². The average molecular weight is 433 g/mol. The topological polar surface area (TPSA) is 95.0 Å². The molecule has 0 aliphatic carbocycles. The van der Waals surface area contributed by atoms with Gasteiger partial charge < -0.3 is 29.4 Å². The molecule has 0 bridgehead atoms. The minimum absolute atomic E-state index is 0.127. The Labute approximate surface area is 185 Å². The van der Waals surface area contributed by atoms with Crippen LogP contribution in [0.3, 0.4) is 0 Å². The number of methoxy groups -OCH3 is 2. The second-order valence-electron chi connectivity index (χ2n) is 6.77. The van der Waals surface area contributed by atoms with E-state index in [-0.39, 0.29) is 5.75 Å². The molecule has 0 spiro atoms. The molecule has 0 saturated carbocycles. The molecule has 164 valence electrons. The van der Waals surface area contributed by atoms with Gasteiger partial charge in [0.25, 0.3) is 0 Å². The Morgan fingerprint density at radius 3 is 2.38 bits per heavy atom. The summed E-state index contributed by atoms with van der Waals surface area (Å²) in [6.07, 6.45) is 1.45. The molecular formula is C24H23N3O5. The van der Waals surface area contributed by atoms with E-state index in [4.69, 9.17) is 18.9 Å². The molecule has 3 aromatic carbocycles. The monoisotopic (exact) mass is 433 g/mol. The number of nitrogens with one attached hydrogen (secondary N) is 1. The Kier molecular flexibility index (Phi) is 6.41. The van der Waals surface area contributed by atoms with Gasteiger partial charge in [0.2, 0.25) is 5.88 Å². The summed E-state index contributed by atoms with van der Waals surface area (Å²) in [5.74, 6) is 2.81. The number of hydrogen-bond acceptors (Lipinski definition) is 8. The van der Waals surface area contributed by atoms with Crippen LogP contribution in [0.4, 0.5) is 5.69 Å². The number of hydrogen-bond donors (Lipinski definition) is 2. The first kappa shape index (κ1) is 21.0. The highest BCUT2D eigenvalue weighted by atomic mass is 16.5. The number of anilines is 1. The molecule has 0 atom stereocenters. The molecule has 0 saturated heterocycles. The number of phenolic OH excluding ortho intramolecular Hbond substituents is 1. The van der Waals surface area contributed by atoms with E-state index in [0.29, 0.717) is 52.9 Å². The summed E-state index contributed by atoms with van der Waals surface area (Å²) < 4.78 is 22.3. The zero-order chi connectivity index (χ0) is 22.3. The van der Waals surface area contributed by atoms with Crippen LogP contribution in [-0.2, 0) is 0 Å². The average Bonchev–Trinajstić information content (AvgIpc) is 2.83. The predicted octanol–water partition coefficient (Wildman–Crippen LogP) is 4.64. The van der Waals surface area contributed by atoms with Crippen LogP contribution in [0.15, 0.2) is 67.0 Å². The number of phenols is 1. The summed E-state index contributed by atoms with van der Waals surface area (Å²) in [5.41, 5.74) is 1.60. The minimum atomic E-state index is 0.127. The van der Waals surface area contributed by atoms with Crippen LogP contribution in [0, 0.1) is 0 Å². The molecule has 0 amide bonds. The van der Waals surface area contributed by atoms with E-state index in [2.05, 4.69) is 15.3 Å². The van der Waals surface area contributed by atoms with Crippen LogP contribution in [-0.4, -0.2) is 42.4 Å². The Hall–Kier alpha value is -4.20. The highest BCUT2D eigenvalue weighted by Crippen LogP contribution is 2.35. The Balaban J connectivity index is 1.39. The number of aromatic hydroxyl groups is 1. The maximum absolute atomic E-state index is 9.72. The first-order chi connectivity index (χ1) is 15.7. The molecule has 32 heavy (non-hydrogen) atoms. The summed E-state index contributed by atoms with van der Waals surface area (Å²) in [4.78, 5) is 8.56. The number of fused-ring (bicyclic) bond motifs is 1. The minimum Gasteiger partial charge on any atom is -0.504 e. The lowest BCUT2D eigenvalue weighted by Gasteiger charge is -2.12. The maximum atomic E-state index is 9.72. The van der Waals surface area contributed by atoms with Crippen molar-refractivity contribution < 1.29 is 24.1 Å². The lowest BCUT2D eigenvalue weighted by Crippen LogP contribution is -2.11. The van der Waals surface area contributed by atoms with Crippen molar-refractivity contribution in [2.24, 2.45) is 0 Å². The van der Waals surface area contributed by atoms with Crippen LogP contribution in [0.25, 0.3) is 10.9 Å². The number of para-hydroxylation sites is 2. The zero-order valence-electron chi connectivity index (χ0n) is 17.7. The highest BCUT2D eigenvalue weighted by molar-refractivity contribution is 5.87. The fraction of sp³-hybridized carbons (Fsp3) is 0.167. The van der Waals surface area contributed by atoms with Gasteiger partial charge in [-0.05, 0) is 42.5 Å². The summed E-state index contributed by atoms with van der Waals surface area (Å²) in [6.45, 7) is 0.987. The molecule has 2 N–H and O–H groups in total. The Morgan fingerprint density at radius 1 is 0.875 bits per heavy atom. The van der Waals surface area contributed by atoms with E-state index in [1.54, 1.807) is 44.6 Å². The molecule has 1 heterocycles. The van der Waals surface area contributed by atoms with Gasteiger partial charge in [-0.2, -0.15) is 0 Å². The molecule has 8 nitrogen and oxygen atoms in total. The van der Waals surface area contributed by atoms with Gasteiger partial charge in [0.05, 0.1) is 25.1 Å². The van der Waals surface area contributed by atoms with E-state index in [1.807, 2.05) is 30.3 Å². The zero-order valence-corrected chi connectivity index (χ0v) is 17.7. The first-order valence-electron chi connectivity index (χ1n) is 9.97. The van der Waals surface area contributed by atoms with E-state index in [9.17, 15) is 5.11 Å². The van der Waals surface area contributed by atoms with E-state index in [1.165, 1.54) is 6.33 Å². The molecule has 4 aromatic rings. The molecular weight excluding hydrogens is 410 g/mol. The van der Waals surface area contributed by atoms with Crippen molar-refractivity contribution in [3.63, 3.8) is 0 Å². The maximum Gasteiger partial charge on any atom is 0.230 e. The van der Waals surface area contributed by atoms with Gasteiger partial charge in [0.1, 0.15) is 18.7 Å². The normalized spacial score (nSPS) is 10.6. The van der Waals surface area contributed by atoms with Crippen molar-refractivity contribution in [1.29, 1.82) is 0 Å². The quantitative estimate of drug-likeness (QED) is 0.369. The standard InChI is InChI=1S/C24H23N3O5/c1-29-22-13-18-19(14-23(22)30-2)26-15-27-24(18)32-17-9-7-16(8-10-17)25-11-12-31-21-6-4-3-5-20(21)28/h3-10,13-15,25,28H,11-12H2,1-2H3. The number of aromatic nitrogens is 2. The van der Waals surface area contributed by atoms with Gasteiger partial charge in [-0.15, -0.1) is 0 Å². The van der Waals surface area contributed by atoms with E-state index < -0.39 is 0 Å². The summed E-state index contributed by atoms with van der Waals surface area (Å²) >= 11 is 0. The third-order valence-electron chi connectivity index (χ3n) is 4.73.